The quantitative estimate of drug-likeness (QED) is 0.630. The molecule has 4 rings (SSSR count). The van der Waals surface area contributed by atoms with Crippen LogP contribution in [0.25, 0.3) is 10.9 Å². The molecule has 1 aromatic heterocycles. The van der Waals surface area contributed by atoms with Crippen LogP contribution in [0.5, 0.6) is 5.75 Å². The van der Waals surface area contributed by atoms with E-state index in [1.807, 2.05) is 0 Å². The summed E-state index contributed by atoms with van der Waals surface area (Å²) in [4.78, 5) is 24.9. The zero-order valence-corrected chi connectivity index (χ0v) is 14.5. The first kappa shape index (κ1) is 17.1. The molecule has 1 saturated heterocycles. The third kappa shape index (κ3) is 2.80. The summed E-state index contributed by atoms with van der Waals surface area (Å²) in [5, 5.41) is 8.60. The third-order valence-corrected chi connectivity index (χ3v) is 5.19. The second-order valence-electron chi connectivity index (χ2n) is 6.63. The molecule has 9 heteroatoms. The largest absolute Gasteiger partial charge is 0.511 e. The van der Waals surface area contributed by atoms with Gasteiger partial charge in [0.15, 0.2) is 11.6 Å². The zero-order chi connectivity index (χ0) is 18.6. The number of carboxylic acid groups (broad SMARTS) is 1. The summed E-state index contributed by atoms with van der Waals surface area (Å²) >= 11 is 4.35. The molecule has 0 amide bonds. The van der Waals surface area contributed by atoms with E-state index in [1.54, 1.807) is 4.90 Å². The summed E-state index contributed by atoms with van der Waals surface area (Å²) < 4.78 is 36.0. The van der Waals surface area contributed by atoms with Gasteiger partial charge in [0.05, 0.1) is 17.1 Å². The molecule has 1 aromatic carbocycles. The zero-order valence-electron chi connectivity index (χ0n) is 13.6. The molecule has 2 aromatic rings. The van der Waals surface area contributed by atoms with Gasteiger partial charge in [0.1, 0.15) is 11.5 Å². The number of ether oxygens (including phenoxy) is 1. The highest BCUT2D eigenvalue weighted by atomic mass is 32.1. The van der Waals surface area contributed by atoms with E-state index < -0.39 is 29.0 Å². The van der Waals surface area contributed by atoms with E-state index in [0.717, 1.165) is 18.9 Å². The number of hydrogen-bond donors (Lipinski definition) is 2. The molecule has 26 heavy (non-hydrogen) atoms. The van der Waals surface area contributed by atoms with Crippen molar-refractivity contribution in [3.8, 4) is 5.75 Å². The average molecular weight is 382 g/mol. The maximum Gasteiger partial charge on any atom is 0.511 e. The lowest BCUT2D eigenvalue weighted by Crippen LogP contribution is -2.24. The van der Waals surface area contributed by atoms with Crippen molar-refractivity contribution in [3.05, 3.63) is 34.1 Å². The number of hydrogen-bond acceptors (Lipinski definition) is 5. The standard InChI is InChI=1S/C17H16F2N2O4S/c18-11-5-10-14(13(19)15(11)20-4-3-9(26)6-20)21(8-1-2-8)7-12(16(10)22)25-17(23)24/h5,7-9,26H,1-4,6H2,(H,23,24)/t9-/m0/s1. The summed E-state index contributed by atoms with van der Waals surface area (Å²) in [5.41, 5.74) is -1.04. The van der Waals surface area contributed by atoms with E-state index in [2.05, 4.69) is 17.4 Å². The second kappa shape index (κ2) is 6.15. The van der Waals surface area contributed by atoms with Crippen molar-refractivity contribution in [2.24, 2.45) is 0 Å². The third-order valence-electron chi connectivity index (χ3n) is 4.77. The van der Waals surface area contributed by atoms with Crippen LogP contribution in [0.2, 0.25) is 0 Å². The Bertz CT molecular complexity index is 974. The topological polar surface area (TPSA) is 71.8 Å². The first-order chi connectivity index (χ1) is 12.4. The van der Waals surface area contributed by atoms with E-state index in [-0.39, 0.29) is 27.9 Å². The van der Waals surface area contributed by atoms with E-state index in [4.69, 9.17) is 5.11 Å². The highest BCUT2D eigenvalue weighted by Gasteiger charge is 2.32. The molecule has 2 heterocycles. The van der Waals surface area contributed by atoms with Gasteiger partial charge in [0, 0.05) is 24.4 Å². The summed E-state index contributed by atoms with van der Waals surface area (Å²) in [6.45, 7) is 0.887. The highest BCUT2D eigenvalue weighted by molar-refractivity contribution is 7.81. The molecule has 1 N–H and O–H groups in total. The number of benzene rings is 1. The minimum Gasteiger partial charge on any atom is -0.449 e. The van der Waals surface area contributed by atoms with Gasteiger partial charge in [0.2, 0.25) is 5.43 Å². The molecular weight excluding hydrogens is 366 g/mol. The first-order valence-corrected chi connectivity index (χ1v) is 8.79. The van der Waals surface area contributed by atoms with Gasteiger partial charge in [-0.2, -0.15) is 12.6 Å². The normalized spacial score (nSPS) is 20.0. The fraction of sp³-hybridized carbons (Fsp3) is 0.412. The average Bonchev–Trinajstić information content (AvgIpc) is 3.32. The number of aromatic nitrogens is 1. The molecule has 2 aliphatic rings. The van der Waals surface area contributed by atoms with Crippen molar-refractivity contribution in [2.45, 2.75) is 30.6 Å². The molecular formula is C17H16F2N2O4S. The number of pyridine rings is 1. The number of fused-ring (bicyclic) bond motifs is 1. The van der Waals surface area contributed by atoms with Gasteiger partial charge < -0.3 is 19.3 Å². The van der Waals surface area contributed by atoms with Crippen molar-refractivity contribution >= 4 is 35.4 Å². The van der Waals surface area contributed by atoms with Crippen molar-refractivity contribution < 1.29 is 23.4 Å². The molecule has 0 radical (unpaired) electrons. The molecule has 1 aliphatic heterocycles. The highest BCUT2D eigenvalue weighted by Crippen LogP contribution is 2.40. The minimum absolute atomic E-state index is 0.0192. The van der Waals surface area contributed by atoms with Crippen molar-refractivity contribution in [2.75, 3.05) is 18.0 Å². The van der Waals surface area contributed by atoms with Crippen LogP contribution in [0.1, 0.15) is 25.3 Å². The van der Waals surface area contributed by atoms with Crippen molar-refractivity contribution in [3.63, 3.8) is 0 Å². The molecule has 138 valence electrons. The Morgan fingerprint density at radius 3 is 2.62 bits per heavy atom. The fourth-order valence-corrected chi connectivity index (χ4v) is 3.76. The number of carbonyl (C=O) groups is 1. The van der Waals surface area contributed by atoms with Crippen LogP contribution in [-0.4, -0.2) is 34.2 Å². The molecule has 6 nitrogen and oxygen atoms in total. The molecule has 2 fully saturated rings. The fourth-order valence-electron chi connectivity index (χ4n) is 3.45. The maximum absolute atomic E-state index is 15.3. The number of rotatable bonds is 3. The van der Waals surface area contributed by atoms with E-state index >= 15 is 4.39 Å². The van der Waals surface area contributed by atoms with Crippen LogP contribution in [0.4, 0.5) is 19.3 Å². The van der Waals surface area contributed by atoms with Crippen LogP contribution in [-0.2, 0) is 0 Å². The Morgan fingerprint density at radius 2 is 2.04 bits per heavy atom. The Kier molecular flexibility index (Phi) is 4.06. The smallest absolute Gasteiger partial charge is 0.449 e. The molecule has 1 saturated carbocycles. The number of thiol groups is 1. The summed E-state index contributed by atoms with van der Waals surface area (Å²) in [7, 11) is 0. The Balaban J connectivity index is 1.97. The van der Waals surface area contributed by atoms with E-state index in [1.165, 1.54) is 10.8 Å². The second-order valence-corrected chi connectivity index (χ2v) is 7.36. The minimum atomic E-state index is -1.65. The van der Waals surface area contributed by atoms with Gasteiger partial charge in [-0.25, -0.2) is 13.6 Å². The SMILES string of the molecule is O=C(O)Oc1cn(C2CC2)c2c(F)c(N3CC[C@H](S)C3)c(F)cc2c1=O. The van der Waals surface area contributed by atoms with Crippen LogP contribution < -0.4 is 15.1 Å². The lowest BCUT2D eigenvalue weighted by atomic mass is 10.1. The van der Waals surface area contributed by atoms with Gasteiger partial charge in [-0.15, -0.1) is 0 Å². The lowest BCUT2D eigenvalue weighted by molar-refractivity contribution is 0.143. The van der Waals surface area contributed by atoms with E-state index in [9.17, 15) is 14.0 Å². The van der Waals surface area contributed by atoms with Crippen LogP contribution in [0, 0.1) is 11.6 Å². The Morgan fingerprint density at radius 1 is 1.31 bits per heavy atom. The van der Waals surface area contributed by atoms with Gasteiger partial charge in [-0.05, 0) is 25.3 Å². The first-order valence-electron chi connectivity index (χ1n) is 8.27. The van der Waals surface area contributed by atoms with E-state index in [0.29, 0.717) is 19.5 Å². The van der Waals surface area contributed by atoms with Crippen LogP contribution in [0.3, 0.4) is 0 Å². The van der Waals surface area contributed by atoms with Crippen molar-refractivity contribution in [1.82, 2.24) is 4.57 Å². The van der Waals surface area contributed by atoms with Gasteiger partial charge in [-0.1, -0.05) is 0 Å². The van der Waals surface area contributed by atoms with Gasteiger partial charge in [0.25, 0.3) is 0 Å². The molecule has 0 bridgehead atoms. The number of nitrogens with zero attached hydrogens (tertiary/aromatic N) is 2. The molecule has 1 atom stereocenters. The number of halogens is 2. The van der Waals surface area contributed by atoms with Crippen LogP contribution in [0.15, 0.2) is 17.1 Å². The van der Waals surface area contributed by atoms with Gasteiger partial charge in [-0.3, -0.25) is 4.79 Å². The summed E-state index contributed by atoms with van der Waals surface area (Å²) in [6, 6.07) is 0.897. The predicted molar refractivity (Wildman–Crippen MR) is 94.7 cm³/mol. The maximum atomic E-state index is 15.3. The molecule has 0 spiro atoms. The lowest BCUT2D eigenvalue weighted by Gasteiger charge is -2.22. The molecule has 1 aliphatic carbocycles. The monoisotopic (exact) mass is 382 g/mol. The van der Waals surface area contributed by atoms with Crippen molar-refractivity contribution in [1.29, 1.82) is 0 Å². The number of anilines is 1. The summed E-state index contributed by atoms with van der Waals surface area (Å²) in [6.07, 6.45) is 1.78. The Labute approximate surface area is 152 Å². The van der Waals surface area contributed by atoms with Gasteiger partial charge >= 0.3 is 6.16 Å². The van der Waals surface area contributed by atoms with Crippen LogP contribution >= 0.6 is 12.6 Å². The Hall–Kier alpha value is -2.29. The summed E-state index contributed by atoms with van der Waals surface area (Å²) in [5.74, 6) is -2.13. The predicted octanol–water partition coefficient (Wildman–Crippen LogP) is 3.18. The molecule has 0 unspecified atom stereocenters.